The molecule has 3 aromatic rings. The SMILES string of the molecule is Br.FC(F)(c1ccccc1)C(F)(F)c1cccc2c1CN(Cc1ccccc1)C2. The fraction of sp³-hybridized carbons (Fsp3) is 0.217. The number of benzene rings is 3. The third-order valence-electron chi connectivity index (χ3n) is 5.17. The van der Waals surface area contributed by atoms with Gasteiger partial charge in [-0.2, -0.15) is 17.6 Å². The zero-order valence-corrected chi connectivity index (χ0v) is 17.2. The molecule has 0 saturated heterocycles. The molecule has 3 aromatic carbocycles. The van der Waals surface area contributed by atoms with Gasteiger partial charge in [0.1, 0.15) is 0 Å². The number of hydrogen-bond donors (Lipinski definition) is 0. The summed E-state index contributed by atoms with van der Waals surface area (Å²) >= 11 is 0. The largest absolute Gasteiger partial charge is 0.340 e. The third-order valence-corrected chi connectivity index (χ3v) is 5.17. The van der Waals surface area contributed by atoms with Gasteiger partial charge in [-0.25, -0.2) is 0 Å². The van der Waals surface area contributed by atoms with Crippen molar-refractivity contribution in [1.29, 1.82) is 0 Å². The molecule has 0 saturated carbocycles. The Hall–Kier alpha value is -2.18. The van der Waals surface area contributed by atoms with Gasteiger partial charge in [0.25, 0.3) is 0 Å². The van der Waals surface area contributed by atoms with E-state index in [-0.39, 0.29) is 23.5 Å². The summed E-state index contributed by atoms with van der Waals surface area (Å²) in [4.78, 5) is 1.99. The van der Waals surface area contributed by atoms with Crippen molar-refractivity contribution in [1.82, 2.24) is 4.90 Å². The Bertz CT molecular complexity index is 961. The maximum Gasteiger partial charge on any atom is 0.340 e. The Balaban J connectivity index is 0.00000240. The van der Waals surface area contributed by atoms with Crippen LogP contribution in [0.25, 0.3) is 0 Å². The lowest BCUT2D eigenvalue weighted by Crippen LogP contribution is -2.36. The quantitative estimate of drug-likeness (QED) is 0.380. The van der Waals surface area contributed by atoms with Crippen LogP contribution in [-0.4, -0.2) is 4.90 Å². The van der Waals surface area contributed by atoms with Gasteiger partial charge >= 0.3 is 11.8 Å². The standard InChI is InChI=1S/C23H19F4N.BrH/c24-22(25,19-11-5-2-6-12-19)23(26,27)21-13-7-10-18-15-28(16-20(18)21)14-17-8-3-1-4-9-17;/h1-13H,14-16H2;1H. The maximum absolute atomic E-state index is 15.1. The topological polar surface area (TPSA) is 3.24 Å². The zero-order valence-electron chi connectivity index (χ0n) is 15.5. The van der Waals surface area contributed by atoms with E-state index in [1.54, 1.807) is 6.07 Å². The molecule has 0 N–H and O–H groups in total. The summed E-state index contributed by atoms with van der Waals surface area (Å²) in [5.74, 6) is -8.60. The second-order valence-corrected chi connectivity index (χ2v) is 7.09. The molecule has 0 fully saturated rings. The molecule has 1 aliphatic rings. The van der Waals surface area contributed by atoms with E-state index in [4.69, 9.17) is 0 Å². The van der Waals surface area contributed by atoms with Crippen molar-refractivity contribution in [2.75, 3.05) is 0 Å². The van der Waals surface area contributed by atoms with Gasteiger partial charge in [0.2, 0.25) is 0 Å². The molecule has 1 aliphatic heterocycles. The van der Waals surface area contributed by atoms with E-state index >= 15 is 8.78 Å². The number of rotatable bonds is 5. The summed E-state index contributed by atoms with van der Waals surface area (Å²) in [6, 6.07) is 20.3. The first-order valence-corrected chi connectivity index (χ1v) is 9.08. The number of hydrogen-bond acceptors (Lipinski definition) is 1. The minimum atomic E-state index is -4.30. The Morgan fingerprint density at radius 2 is 1.31 bits per heavy atom. The van der Waals surface area contributed by atoms with Gasteiger partial charge in [0, 0.05) is 30.8 Å². The van der Waals surface area contributed by atoms with Crippen molar-refractivity contribution < 1.29 is 17.6 Å². The summed E-state index contributed by atoms with van der Waals surface area (Å²) < 4.78 is 59.7. The molecule has 0 aromatic heterocycles. The van der Waals surface area contributed by atoms with Crippen LogP contribution in [0.4, 0.5) is 17.6 Å². The zero-order chi connectivity index (χ0) is 19.8. The van der Waals surface area contributed by atoms with Crippen LogP contribution in [0.2, 0.25) is 0 Å². The molecule has 6 heteroatoms. The Labute approximate surface area is 177 Å². The van der Waals surface area contributed by atoms with Gasteiger partial charge in [-0.1, -0.05) is 78.9 Å². The van der Waals surface area contributed by atoms with Gasteiger partial charge < -0.3 is 0 Å². The van der Waals surface area contributed by atoms with Crippen LogP contribution in [0, 0.1) is 0 Å². The van der Waals surface area contributed by atoms with Crippen LogP contribution in [0.3, 0.4) is 0 Å². The minimum Gasteiger partial charge on any atom is -0.291 e. The van der Waals surface area contributed by atoms with Crippen LogP contribution < -0.4 is 0 Å². The van der Waals surface area contributed by atoms with Gasteiger partial charge in [-0.05, 0) is 16.7 Å². The van der Waals surface area contributed by atoms with Gasteiger partial charge in [-0.3, -0.25) is 4.90 Å². The number of nitrogens with zero attached hydrogens (tertiary/aromatic N) is 1. The van der Waals surface area contributed by atoms with Crippen molar-refractivity contribution in [3.63, 3.8) is 0 Å². The van der Waals surface area contributed by atoms with E-state index in [1.165, 1.54) is 24.3 Å². The first kappa shape index (κ1) is 21.5. The van der Waals surface area contributed by atoms with Crippen LogP contribution in [0.5, 0.6) is 0 Å². The molecule has 0 unspecified atom stereocenters. The highest BCUT2D eigenvalue weighted by atomic mass is 79.9. The van der Waals surface area contributed by atoms with Crippen molar-refractivity contribution in [3.8, 4) is 0 Å². The number of fused-ring (bicyclic) bond motifs is 1. The van der Waals surface area contributed by atoms with E-state index in [1.807, 2.05) is 35.2 Å². The Morgan fingerprint density at radius 3 is 1.97 bits per heavy atom. The number of alkyl halides is 4. The van der Waals surface area contributed by atoms with E-state index < -0.39 is 23.0 Å². The van der Waals surface area contributed by atoms with E-state index in [9.17, 15) is 8.78 Å². The van der Waals surface area contributed by atoms with Crippen LogP contribution >= 0.6 is 17.0 Å². The smallest absolute Gasteiger partial charge is 0.291 e. The highest BCUT2D eigenvalue weighted by molar-refractivity contribution is 8.93. The molecule has 0 radical (unpaired) electrons. The maximum atomic E-state index is 15.1. The van der Waals surface area contributed by atoms with E-state index in [0.717, 1.165) is 23.8 Å². The molecule has 1 nitrogen and oxygen atoms in total. The Kier molecular flexibility index (Phi) is 6.15. The second-order valence-electron chi connectivity index (χ2n) is 7.09. The molecule has 0 aliphatic carbocycles. The normalized spacial score (nSPS) is 14.3. The van der Waals surface area contributed by atoms with Crippen LogP contribution in [0.1, 0.15) is 27.8 Å². The average molecular weight is 466 g/mol. The Morgan fingerprint density at radius 1 is 0.690 bits per heavy atom. The van der Waals surface area contributed by atoms with Crippen LogP contribution in [0.15, 0.2) is 78.9 Å². The molecule has 0 spiro atoms. The van der Waals surface area contributed by atoms with E-state index in [0.29, 0.717) is 24.2 Å². The van der Waals surface area contributed by atoms with Gasteiger partial charge in [0.15, 0.2) is 0 Å². The van der Waals surface area contributed by atoms with Crippen molar-refractivity contribution in [2.24, 2.45) is 0 Å². The molecule has 29 heavy (non-hydrogen) atoms. The first-order valence-electron chi connectivity index (χ1n) is 9.08. The molecule has 152 valence electrons. The van der Waals surface area contributed by atoms with Crippen LogP contribution in [-0.2, 0) is 31.5 Å². The monoisotopic (exact) mass is 465 g/mol. The summed E-state index contributed by atoms with van der Waals surface area (Å²) in [5, 5.41) is 0. The summed E-state index contributed by atoms with van der Waals surface area (Å²) in [5.41, 5.74) is 0.764. The van der Waals surface area contributed by atoms with Crippen molar-refractivity contribution in [2.45, 2.75) is 31.5 Å². The predicted octanol–water partition coefficient (Wildman–Crippen LogP) is 6.66. The lowest BCUT2D eigenvalue weighted by molar-refractivity contribution is -0.224. The average Bonchev–Trinajstić information content (AvgIpc) is 3.11. The van der Waals surface area contributed by atoms with Gasteiger partial charge in [0.05, 0.1) is 0 Å². The summed E-state index contributed by atoms with van der Waals surface area (Å²) in [6.45, 7) is 1.27. The number of halogens is 5. The molecule has 0 amide bonds. The van der Waals surface area contributed by atoms with Gasteiger partial charge in [-0.15, -0.1) is 17.0 Å². The van der Waals surface area contributed by atoms with Crippen molar-refractivity contribution >= 4 is 17.0 Å². The summed E-state index contributed by atoms with van der Waals surface area (Å²) in [6.07, 6.45) is 0. The highest BCUT2D eigenvalue weighted by Gasteiger charge is 2.59. The summed E-state index contributed by atoms with van der Waals surface area (Å²) in [7, 11) is 0. The molecular formula is C23H20BrF4N. The predicted molar refractivity (Wildman–Crippen MR) is 110 cm³/mol. The molecular weight excluding hydrogens is 446 g/mol. The fourth-order valence-electron chi connectivity index (χ4n) is 3.74. The second kappa shape index (κ2) is 8.28. The lowest BCUT2D eigenvalue weighted by atomic mass is 9.91. The van der Waals surface area contributed by atoms with E-state index in [2.05, 4.69) is 0 Å². The molecule has 1 heterocycles. The molecule has 0 atom stereocenters. The fourth-order valence-corrected chi connectivity index (χ4v) is 3.74. The highest BCUT2D eigenvalue weighted by Crippen LogP contribution is 2.51. The minimum absolute atomic E-state index is 0. The third kappa shape index (κ3) is 3.96. The molecule has 4 rings (SSSR count). The lowest BCUT2D eigenvalue weighted by Gasteiger charge is -2.28. The first-order chi connectivity index (χ1) is 13.4. The van der Waals surface area contributed by atoms with Crippen molar-refractivity contribution in [3.05, 3.63) is 107 Å². The molecule has 0 bridgehead atoms.